The number of piperidine rings is 1. The maximum absolute atomic E-state index is 13.0. The number of rotatable bonds is 6. The van der Waals surface area contributed by atoms with Crippen molar-refractivity contribution in [2.75, 3.05) is 25.0 Å². The lowest BCUT2D eigenvalue weighted by Gasteiger charge is -2.33. The first-order valence-corrected chi connectivity index (χ1v) is 15.0. The van der Waals surface area contributed by atoms with Crippen molar-refractivity contribution in [1.29, 1.82) is 0 Å². The summed E-state index contributed by atoms with van der Waals surface area (Å²) >= 11 is 0. The van der Waals surface area contributed by atoms with Gasteiger partial charge in [0.25, 0.3) is 0 Å². The summed E-state index contributed by atoms with van der Waals surface area (Å²) in [4.78, 5) is 36.4. The van der Waals surface area contributed by atoms with Crippen molar-refractivity contribution in [3.8, 4) is 28.6 Å². The Labute approximate surface area is 255 Å². The van der Waals surface area contributed by atoms with Gasteiger partial charge in [-0.3, -0.25) is 4.79 Å². The normalized spacial score (nSPS) is 19.0. The van der Waals surface area contributed by atoms with Gasteiger partial charge in [0.2, 0.25) is 5.91 Å². The Balaban J connectivity index is 1.10. The minimum atomic E-state index is -0.584. The number of nitrogens with one attached hydrogen (secondary N) is 1. The van der Waals surface area contributed by atoms with E-state index in [1.165, 1.54) is 0 Å². The maximum atomic E-state index is 13.0. The van der Waals surface area contributed by atoms with E-state index < -0.39 is 11.7 Å². The Kier molecular flexibility index (Phi) is 8.38. The molecule has 6 heterocycles. The fourth-order valence-corrected chi connectivity index (χ4v) is 5.40. The van der Waals surface area contributed by atoms with Gasteiger partial charge in [-0.2, -0.15) is 5.10 Å². The monoisotopic (exact) mass is 599 g/mol. The first-order chi connectivity index (χ1) is 21.2. The van der Waals surface area contributed by atoms with Crippen molar-refractivity contribution in [2.24, 2.45) is 5.92 Å². The number of nitrogens with zero attached hydrogens (tertiary/aromatic N) is 8. The maximum Gasteiger partial charge on any atom is 0.410 e. The molecule has 1 N–H and O–H groups in total. The number of likely N-dealkylation sites (tertiary alicyclic amines) is 1. The van der Waals surface area contributed by atoms with Crippen molar-refractivity contribution in [2.45, 2.75) is 64.7 Å². The van der Waals surface area contributed by atoms with Crippen LogP contribution in [0.3, 0.4) is 0 Å². The van der Waals surface area contributed by atoms with Gasteiger partial charge in [0.15, 0.2) is 12.0 Å². The van der Waals surface area contributed by atoms with Crippen molar-refractivity contribution in [1.82, 2.24) is 39.6 Å². The summed E-state index contributed by atoms with van der Waals surface area (Å²) < 4.78 is 14.9. The van der Waals surface area contributed by atoms with Crippen LogP contribution in [-0.2, 0) is 14.3 Å². The molecule has 4 aromatic heterocycles. The summed E-state index contributed by atoms with van der Waals surface area (Å²) in [5, 5.41) is 16.0. The van der Waals surface area contributed by atoms with Gasteiger partial charge in [0.05, 0.1) is 41.1 Å². The zero-order valence-electron chi connectivity index (χ0n) is 25.2. The van der Waals surface area contributed by atoms with Gasteiger partial charge in [0.1, 0.15) is 11.3 Å². The molecule has 44 heavy (non-hydrogen) atoms. The molecule has 0 aliphatic carbocycles. The number of aromatic nitrogens is 7. The number of hydrogen-bond acceptors (Lipinski definition) is 9. The highest BCUT2D eigenvalue weighted by Crippen LogP contribution is 2.29. The number of anilines is 1. The third-order valence-corrected chi connectivity index (χ3v) is 7.56. The minimum Gasteiger partial charge on any atom is -0.444 e. The molecule has 0 radical (unpaired) electrons. The lowest BCUT2D eigenvalue weighted by atomic mass is 9.97. The van der Waals surface area contributed by atoms with Gasteiger partial charge in [-0.15, -0.1) is 5.10 Å². The van der Waals surface area contributed by atoms with E-state index in [1.807, 2.05) is 49.7 Å². The van der Waals surface area contributed by atoms with Crippen LogP contribution in [-0.4, -0.2) is 76.9 Å². The molecular formula is C31H37N9O4. The predicted molar refractivity (Wildman–Crippen MR) is 162 cm³/mol. The molecule has 0 spiro atoms. The average Bonchev–Trinajstić information content (AvgIpc) is 3.72. The lowest BCUT2D eigenvalue weighted by Crippen LogP contribution is -2.45. The van der Waals surface area contributed by atoms with E-state index >= 15 is 0 Å². The van der Waals surface area contributed by atoms with Crippen LogP contribution in [0.15, 0.2) is 55.0 Å². The number of carbonyl (C=O) groups excluding carboxylic acids is 2. The van der Waals surface area contributed by atoms with Crippen LogP contribution in [0.4, 0.5) is 10.5 Å². The molecule has 2 atom stereocenters. The number of carbonyl (C=O) groups is 2. The highest BCUT2D eigenvalue weighted by atomic mass is 16.6. The standard InChI is InChI=1S/C31H37N9O4/c1-31(2,3)44-30(42)38-16-7-8-21(19-38)29(41)34-22-12-13-27(32-18-22)39-20-25(36-37-39)23-9-6-10-24(35-23)26-14-15-33-40(26)28-11-4-5-17-43-28/h6,9-10,12-15,18,20-21,28H,4-5,7-8,11,16-17,19H2,1-3H3,(H,34,41)/t21-,28?/m0/s1. The summed E-state index contributed by atoms with van der Waals surface area (Å²) in [5.41, 5.74) is 2.90. The Hall–Kier alpha value is -4.65. The minimum absolute atomic E-state index is 0.0893. The largest absolute Gasteiger partial charge is 0.444 e. The van der Waals surface area contributed by atoms with Crippen molar-refractivity contribution in [3.63, 3.8) is 0 Å². The van der Waals surface area contributed by atoms with Crippen LogP contribution in [0.25, 0.3) is 28.6 Å². The fourth-order valence-electron chi connectivity index (χ4n) is 5.40. The summed E-state index contributed by atoms with van der Waals surface area (Å²) in [6, 6.07) is 11.2. The van der Waals surface area contributed by atoms with Gasteiger partial charge in [-0.05, 0) is 83.2 Å². The SMILES string of the molecule is CC(C)(C)OC(=O)N1CCC[C@H](C(=O)Nc2ccc(-n3cc(-c4cccc(-c5ccnn5C5CCCCO5)n4)nn3)nc2)C1. The van der Waals surface area contributed by atoms with Crippen LogP contribution in [0, 0.1) is 5.92 Å². The molecule has 0 bridgehead atoms. The Morgan fingerprint density at radius 3 is 2.66 bits per heavy atom. The number of ether oxygens (including phenoxy) is 2. The summed E-state index contributed by atoms with van der Waals surface area (Å²) in [7, 11) is 0. The first kappa shape index (κ1) is 29.4. The Morgan fingerprint density at radius 2 is 1.89 bits per heavy atom. The second-order valence-electron chi connectivity index (χ2n) is 12.1. The van der Waals surface area contributed by atoms with Crippen molar-refractivity contribution >= 4 is 17.7 Å². The third kappa shape index (κ3) is 6.77. The molecule has 2 aliphatic rings. The molecule has 2 saturated heterocycles. The van der Waals surface area contributed by atoms with E-state index in [0.717, 1.165) is 43.7 Å². The molecule has 0 aromatic carbocycles. The van der Waals surface area contributed by atoms with Crippen LogP contribution in [0.5, 0.6) is 0 Å². The van der Waals surface area contributed by atoms with E-state index in [1.54, 1.807) is 40.3 Å². The zero-order chi connectivity index (χ0) is 30.7. The molecule has 230 valence electrons. The van der Waals surface area contributed by atoms with Gasteiger partial charge in [-0.1, -0.05) is 11.3 Å². The molecule has 1 unspecified atom stereocenters. The Bertz CT molecular complexity index is 1600. The molecule has 6 rings (SSSR count). The zero-order valence-corrected chi connectivity index (χ0v) is 25.2. The fraction of sp³-hybridized carbons (Fsp3) is 0.452. The summed E-state index contributed by atoms with van der Waals surface area (Å²) in [6.45, 7) is 7.12. The van der Waals surface area contributed by atoms with E-state index in [9.17, 15) is 9.59 Å². The Morgan fingerprint density at radius 1 is 1.02 bits per heavy atom. The molecule has 13 nitrogen and oxygen atoms in total. The van der Waals surface area contributed by atoms with E-state index in [0.29, 0.717) is 42.4 Å². The van der Waals surface area contributed by atoms with Crippen LogP contribution < -0.4 is 5.32 Å². The molecule has 2 fully saturated rings. The topological polar surface area (TPSA) is 142 Å². The van der Waals surface area contributed by atoms with E-state index in [2.05, 4.69) is 25.7 Å². The predicted octanol–water partition coefficient (Wildman–Crippen LogP) is 4.87. The van der Waals surface area contributed by atoms with Gasteiger partial charge >= 0.3 is 6.09 Å². The van der Waals surface area contributed by atoms with E-state index in [-0.39, 0.29) is 18.1 Å². The quantitative estimate of drug-likeness (QED) is 0.328. The molecule has 0 saturated carbocycles. The highest BCUT2D eigenvalue weighted by Gasteiger charge is 2.31. The highest BCUT2D eigenvalue weighted by molar-refractivity contribution is 5.93. The average molecular weight is 600 g/mol. The third-order valence-electron chi connectivity index (χ3n) is 7.56. The second kappa shape index (κ2) is 12.5. The molecule has 13 heteroatoms. The van der Waals surface area contributed by atoms with Gasteiger partial charge in [-0.25, -0.2) is 24.1 Å². The molecule has 2 aliphatic heterocycles. The van der Waals surface area contributed by atoms with Crippen LogP contribution >= 0.6 is 0 Å². The first-order valence-electron chi connectivity index (χ1n) is 15.0. The van der Waals surface area contributed by atoms with Gasteiger partial charge < -0.3 is 19.7 Å². The summed E-state index contributed by atoms with van der Waals surface area (Å²) in [5.74, 6) is 0.0586. The van der Waals surface area contributed by atoms with Gasteiger partial charge in [0, 0.05) is 25.9 Å². The van der Waals surface area contributed by atoms with Crippen LogP contribution in [0.2, 0.25) is 0 Å². The second-order valence-corrected chi connectivity index (χ2v) is 12.1. The van der Waals surface area contributed by atoms with E-state index in [4.69, 9.17) is 14.5 Å². The summed E-state index contributed by atoms with van der Waals surface area (Å²) in [6.07, 6.45) is 9.16. The molecule has 2 amide bonds. The van der Waals surface area contributed by atoms with Crippen molar-refractivity contribution in [3.05, 3.63) is 55.0 Å². The van der Waals surface area contributed by atoms with Crippen molar-refractivity contribution < 1.29 is 19.1 Å². The number of pyridine rings is 2. The smallest absolute Gasteiger partial charge is 0.410 e. The molecular weight excluding hydrogens is 562 g/mol. The number of hydrogen-bond donors (Lipinski definition) is 1. The van der Waals surface area contributed by atoms with Crippen LogP contribution in [0.1, 0.15) is 59.1 Å². The molecule has 4 aromatic rings. The number of amides is 2. The lowest BCUT2D eigenvalue weighted by molar-refractivity contribution is -0.121.